The van der Waals surface area contributed by atoms with Gasteiger partial charge >= 0.3 is 5.97 Å². The number of hydrogen-bond donors (Lipinski definition) is 1. The van der Waals surface area contributed by atoms with E-state index in [0.717, 1.165) is 5.56 Å². The van der Waals surface area contributed by atoms with E-state index in [-0.39, 0.29) is 13.0 Å². The molecule has 0 spiro atoms. The first-order chi connectivity index (χ1) is 12.8. The molecule has 6 nitrogen and oxygen atoms in total. The maximum absolute atomic E-state index is 12.7. The third-order valence-electron chi connectivity index (χ3n) is 4.97. The largest absolute Gasteiger partial charge is 0.461 e. The summed E-state index contributed by atoms with van der Waals surface area (Å²) in [6, 6.07) is 16.0. The summed E-state index contributed by atoms with van der Waals surface area (Å²) < 4.78 is 41.2. The first-order valence-electron chi connectivity index (χ1n) is 8.85. The molecule has 0 amide bonds. The molecule has 2 aromatic carbocycles. The van der Waals surface area contributed by atoms with Crippen LogP contribution in [0.5, 0.6) is 0 Å². The smallest absolute Gasteiger partial charge is 0.302 e. The Bertz CT molecular complexity index is 928. The van der Waals surface area contributed by atoms with Gasteiger partial charge in [-0.1, -0.05) is 55.5 Å². The molecule has 27 heavy (non-hydrogen) atoms. The molecular formula is C20H23NO5S. The summed E-state index contributed by atoms with van der Waals surface area (Å²) in [5, 5.41) is 0. The van der Waals surface area contributed by atoms with Gasteiger partial charge in [0.05, 0.1) is 6.54 Å². The van der Waals surface area contributed by atoms with E-state index in [1.165, 1.54) is 6.92 Å². The lowest BCUT2D eigenvalue weighted by atomic mass is 10.0. The lowest BCUT2D eigenvalue weighted by Gasteiger charge is -2.39. The Morgan fingerprint density at radius 2 is 1.81 bits per heavy atom. The Kier molecular flexibility index (Phi) is 5.26. The van der Waals surface area contributed by atoms with Crippen LogP contribution in [-0.4, -0.2) is 31.6 Å². The quantitative estimate of drug-likeness (QED) is 0.604. The van der Waals surface area contributed by atoms with E-state index >= 15 is 0 Å². The normalized spacial score (nSPS) is 20.2. The number of esters is 1. The molecular weight excluding hydrogens is 366 g/mol. The molecule has 2 atom stereocenters. The van der Waals surface area contributed by atoms with E-state index < -0.39 is 27.1 Å². The predicted octanol–water partition coefficient (Wildman–Crippen LogP) is 3.13. The summed E-state index contributed by atoms with van der Waals surface area (Å²) >= 11 is 0. The van der Waals surface area contributed by atoms with E-state index in [2.05, 4.69) is 0 Å². The van der Waals surface area contributed by atoms with Crippen LogP contribution in [0.2, 0.25) is 0 Å². The molecule has 1 aliphatic heterocycles. The number of hydrogen-bond acceptors (Lipinski definition) is 5. The van der Waals surface area contributed by atoms with Gasteiger partial charge in [-0.25, -0.2) is 0 Å². The summed E-state index contributed by atoms with van der Waals surface area (Å²) in [5.74, 6) is -0.425. The molecule has 0 fully saturated rings. The number of carbonyl (C=O) groups is 1. The molecule has 0 saturated heterocycles. The number of rotatable bonds is 6. The van der Waals surface area contributed by atoms with Gasteiger partial charge in [0.25, 0.3) is 10.1 Å². The van der Waals surface area contributed by atoms with Crippen LogP contribution in [0, 0.1) is 0 Å². The second-order valence-electron chi connectivity index (χ2n) is 6.68. The van der Waals surface area contributed by atoms with Crippen molar-refractivity contribution in [1.82, 2.24) is 0 Å². The Balaban J connectivity index is 2.18. The predicted molar refractivity (Wildman–Crippen MR) is 103 cm³/mol. The number of nitrogens with zero attached hydrogens (tertiary/aromatic N) is 1. The molecule has 7 heteroatoms. The van der Waals surface area contributed by atoms with Gasteiger partial charge in [0, 0.05) is 19.0 Å². The number of anilines is 1. The Morgan fingerprint density at radius 3 is 2.41 bits per heavy atom. The highest BCUT2D eigenvalue weighted by molar-refractivity contribution is 7.87. The molecule has 144 valence electrons. The van der Waals surface area contributed by atoms with Gasteiger partial charge in [-0.2, -0.15) is 8.42 Å². The molecule has 0 saturated carbocycles. The maximum atomic E-state index is 12.7. The fourth-order valence-electron chi connectivity index (χ4n) is 3.74. The molecule has 2 unspecified atom stereocenters. The molecule has 1 aliphatic rings. The third kappa shape index (κ3) is 3.44. The SMILES string of the molecule is CCC(CN1c2ccccc2CC1(c1ccccc1)S(=O)(=O)O)OC(C)=O. The minimum absolute atomic E-state index is 0.114. The van der Waals surface area contributed by atoms with E-state index in [1.54, 1.807) is 35.2 Å². The number of para-hydroxylation sites is 1. The molecule has 0 aliphatic carbocycles. The zero-order valence-electron chi connectivity index (χ0n) is 15.3. The topological polar surface area (TPSA) is 83.9 Å². The lowest BCUT2D eigenvalue weighted by Crippen LogP contribution is -2.53. The van der Waals surface area contributed by atoms with Gasteiger partial charge < -0.3 is 9.64 Å². The van der Waals surface area contributed by atoms with Gasteiger partial charge in [0.1, 0.15) is 6.10 Å². The second kappa shape index (κ2) is 7.32. The summed E-state index contributed by atoms with van der Waals surface area (Å²) in [4.78, 5) is 11.4. The third-order valence-corrected chi connectivity index (χ3v) is 6.43. The van der Waals surface area contributed by atoms with E-state index in [1.807, 2.05) is 31.2 Å². The zero-order valence-corrected chi connectivity index (χ0v) is 16.1. The Hall–Kier alpha value is -2.38. The van der Waals surface area contributed by atoms with Gasteiger partial charge in [-0.3, -0.25) is 9.35 Å². The van der Waals surface area contributed by atoms with Crippen molar-refractivity contribution >= 4 is 21.8 Å². The standard InChI is InChI=1S/C20H23NO5S/c1-3-18(26-15(2)22)14-21-19-12-8-7-9-16(19)13-20(21,27(23,24)25)17-10-5-4-6-11-17/h4-12,18H,3,13-14H2,1-2H3,(H,23,24,25). The van der Waals surface area contributed by atoms with Crippen molar-refractivity contribution in [1.29, 1.82) is 0 Å². The average Bonchev–Trinajstić information content (AvgIpc) is 2.97. The fraction of sp³-hybridized carbons (Fsp3) is 0.350. The Morgan fingerprint density at radius 1 is 1.19 bits per heavy atom. The van der Waals surface area contributed by atoms with Crippen molar-refractivity contribution in [2.24, 2.45) is 0 Å². The summed E-state index contributed by atoms with van der Waals surface area (Å²) in [5.41, 5.74) is 2.00. The maximum Gasteiger partial charge on any atom is 0.302 e. The summed E-state index contributed by atoms with van der Waals surface area (Å²) in [7, 11) is -4.53. The monoisotopic (exact) mass is 389 g/mol. The molecule has 1 heterocycles. The van der Waals surface area contributed by atoms with E-state index in [4.69, 9.17) is 4.74 Å². The van der Waals surface area contributed by atoms with Crippen molar-refractivity contribution < 1.29 is 22.5 Å². The lowest BCUT2D eigenvalue weighted by molar-refractivity contribution is -0.146. The first kappa shape index (κ1) is 19.4. The molecule has 0 bridgehead atoms. The van der Waals surface area contributed by atoms with E-state index in [9.17, 15) is 17.8 Å². The first-order valence-corrected chi connectivity index (χ1v) is 10.3. The van der Waals surface area contributed by atoms with Gasteiger partial charge in [0.2, 0.25) is 0 Å². The average molecular weight is 389 g/mol. The fourth-order valence-corrected chi connectivity index (χ4v) is 4.96. The van der Waals surface area contributed by atoms with Crippen LogP contribution in [0.15, 0.2) is 54.6 Å². The molecule has 2 aromatic rings. The highest BCUT2D eigenvalue weighted by Crippen LogP contribution is 2.48. The number of carbonyl (C=O) groups excluding carboxylic acids is 1. The highest BCUT2D eigenvalue weighted by Gasteiger charge is 2.55. The minimum atomic E-state index is -4.53. The van der Waals surface area contributed by atoms with Crippen molar-refractivity contribution in [2.45, 2.75) is 37.7 Å². The van der Waals surface area contributed by atoms with Crippen LogP contribution in [-0.2, 0) is 30.9 Å². The van der Waals surface area contributed by atoms with Gasteiger partial charge in [-0.15, -0.1) is 0 Å². The van der Waals surface area contributed by atoms with Crippen LogP contribution >= 0.6 is 0 Å². The van der Waals surface area contributed by atoms with Crippen LogP contribution in [0.25, 0.3) is 0 Å². The molecule has 3 rings (SSSR count). The van der Waals surface area contributed by atoms with Crippen LogP contribution < -0.4 is 4.90 Å². The Labute approximate surface area is 159 Å². The van der Waals surface area contributed by atoms with Crippen molar-refractivity contribution in [3.8, 4) is 0 Å². The van der Waals surface area contributed by atoms with Crippen LogP contribution in [0.4, 0.5) is 5.69 Å². The van der Waals surface area contributed by atoms with E-state index in [0.29, 0.717) is 17.7 Å². The van der Waals surface area contributed by atoms with Crippen molar-refractivity contribution in [2.75, 3.05) is 11.4 Å². The van der Waals surface area contributed by atoms with Crippen molar-refractivity contribution in [3.05, 3.63) is 65.7 Å². The van der Waals surface area contributed by atoms with Gasteiger partial charge in [-0.05, 0) is 23.6 Å². The zero-order chi connectivity index (χ0) is 19.7. The molecule has 0 radical (unpaired) electrons. The molecule has 1 N–H and O–H groups in total. The van der Waals surface area contributed by atoms with Crippen molar-refractivity contribution in [3.63, 3.8) is 0 Å². The number of benzene rings is 2. The number of fused-ring (bicyclic) bond motifs is 1. The van der Waals surface area contributed by atoms with Crippen LogP contribution in [0.3, 0.4) is 0 Å². The summed E-state index contributed by atoms with van der Waals surface area (Å²) in [6.07, 6.45) is 0.135. The van der Waals surface area contributed by atoms with Gasteiger partial charge in [0.15, 0.2) is 4.87 Å². The number of ether oxygens (including phenoxy) is 1. The second-order valence-corrected chi connectivity index (χ2v) is 8.31. The minimum Gasteiger partial charge on any atom is -0.461 e. The molecule has 0 aromatic heterocycles. The highest BCUT2D eigenvalue weighted by atomic mass is 32.2. The summed E-state index contributed by atoms with van der Waals surface area (Å²) in [6.45, 7) is 3.35. The van der Waals surface area contributed by atoms with Crippen LogP contribution in [0.1, 0.15) is 31.4 Å².